The lowest BCUT2D eigenvalue weighted by molar-refractivity contribution is -0.153. The van der Waals surface area contributed by atoms with E-state index in [0.717, 1.165) is 5.56 Å². The van der Waals surface area contributed by atoms with Crippen LogP contribution in [0.1, 0.15) is 29.8 Å². The Labute approximate surface area is 170 Å². The second kappa shape index (κ2) is 11.5. The second-order valence-electron chi connectivity index (χ2n) is 6.30. The van der Waals surface area contributed by atoms with Crippen LogP contribution in [0.2, 0.25) is 0 Å². The standard InChI is InChI=1S/C22H26N2O5/c1-3-28-19-11-9-18(10-12-19)22(27)24-15-20(25)29-16(2)21(26)23-14-13-17-7-5-4-6-8-17/h4-12,16H,3,13-15H2,1-2H3,(H,23,26)(H,24,27)/t16-/m1/s1. The number of benzene rings is 2. The van der Waals surface area contributed by atoms with Crippen molar-refractivity contribution in [3.8, 4) is 5.75 Å². The number of hydrogen-bond donors (Lipinski definition) is 2. The predicted octanol–water partition coefficient (Wildman–Crippen LogP) is 2.11. The summed E-state index contributed by atoms with van der Waals surface area (Å²) >= 11 is 0. The van der Waals surface area contributed by atoms with Gasteiger partial charge in [-0.1, -0.05) is 30.3 Å². The Kier molecular flexibility index (Phi) is 8.69. The van der Waals surface area contributed by atoms with E-state index in [0.29, 0.717) is 30.9 Å². The zero-order valence-electron chi connectivity index (χ0n) is 16.6. The maximum Gasteiger partial charge on any atom is 0.326 e. The van der Waals surface area contributed by atoms with Gasteiger partial charge < -0.3 is 20.1 Å². The number of nitrogens with one attached hydrogen (secondary N) is 2. The molecule has 0 aliphatic rings. The topological polar surface area (TPSA) is 93.7 Å². The van der Waals surface area contributed by atoms with E-state index >= 15 is 0 Å². The predicted molar refractivity (Wildman–Crippen MR) is 109 cm³/mol. The number of carbonyl (C=O) groups excluding carboxylic acids is 3. The van der Waals surface area contributed by atoms with Crippen LogP contribution in [0.5, 0.6) is 5.75 Å². The van der Waals surface area contributed by atoms with Crippen molar-refractivity contribution in [2.75, 3.05) is 19.7 Å². The van der Waals surface area contributed by atoms with Crippen molar-refractivity contribution >= 4 is 17.8 Å². The quantitative estimate of drug-likeness (QED) is 0.598. The Balaban J connectivity index is 1.69. The summed E-state index contributed by atoms with van der Waals surface area (Å²) in [6.07, 6.45) is -0.258. The third-order valence-electron chi connectivity index (χ3n) is 4.05. The summed E-state index contributed by atoms with van der Waals surface area (Å²) in [5, 5.41) is 5.20. The van der Waals surface area contributed by atoms with Gasteiger partial charge in [0.05, 0.1) is 6.61 Å². The highest BCUT2D eigenvalue weighted by molar-refractivity contribution is 5.96. The van der Waals surface area contributed by atoms with Gasteiger partial charge in [0.1, 0.15) is 12.3 Å². The first-order valence-electron chi connectivity index (χ1n) is 9.51. The Morgan fingerprint density at radius 1 is 0.966 bits per heavy atom. The molecule has 1 atom stereocenters. The van der Waals surface area contributed by atoms with Gasteiger partial charge >= 0.3 is 5.97 Å². The average molecular weight is 398 g/mol. The number of esters is 1. The molecule has 0 saturated carbocycles. The van der Waals surface area contributed by atoms with E-state index in [4.69, 9.17) is 9.47 Å². The van der Waals surface area contributed by atoms with Crippen LogP contribution in [0.4, 0.5) is 0 Å². The molecule has 2 amide bonds. The highest BCUT2D eigenvalue weighted by Crippen LogP contribution is 2.11. The lowest BCUT2D eigenvalue weighted by Gasteiger charge is -2.14. The molecule has 0 heterocycles. The summed E-state index contributed by atoms with van der Waals surface area (Å²) in [6, 6.07) is 16.3. The molecule has 7 nitrogen and oxygen atoms in total. The molecule has 29 heavy (non-hydrogen) atoms. The maximum atomic E-state index is 12.1. The molecule has 2 rings (SSSR count). The minimum absolute atomic E-state index is 0.326. The first-order chi connectivity index (χ1) is 14.0. The van der Waals surface area contributed by atoms with Gasteiger partial charge in [0, 0.05) is 12.1 Å². The number of amides is 2. The SMILES string of the molecule is CCOc1ccc(C(=O)NCC(=O)O[C@H](C)C(=O)NCCc2ccccc2)cc1. The van der Waals surface area contributed by atoms with Gasteiger partial charge in [-0.3, -0.25) is 14.4 Å². The monoisotopic (exact) mass is 398 g/mol. The Hall–Kier alpha value is -3.35. The number of carbonyl (C=O) groups is 3. The largest absolute Gasteiger partial charge is 0.494 e. The van der Waals surface area contributed by atoms with E-state index in [2.05, 4.69) is 10.6 Å². The van der Waals surface area contributed by atoms with Crippen molar-refractivity contribution < 1.29 is 23.9 Å². The van der Waals surface area contributed by atoms with Crippen LogP contribution in [-0.2, 0) is 20.7 Å². The van der Waals surface area contributed by atoms with E-state index in [1.165, 1.54) is 6.92 Å². The fourth-order valence-corrected chi connectivity index (χ4v) is 2.53. The van der Waals surface area contributed by atoms with Crippen molar-refractivity contribution in [3.63, 3.8) is 0 Å². The summed E-state index contributed by atoms with van der Waals surface area (Å²) in [7, 11) is 0. The molecule has 0 fully saturated rings. The minimum Gasteiger partial charge on any atom is -0.494 e. The summed E-state index contributed by atoms with van der Waals surface area (Å²) in [5.41, 5.74) is 1.50. The molecule has 0 unspecified atom stereocenters. The third kappa shape index (κ3) is 7.65. The highest BCUT2D eigenvalue weighted by Gasteiger charge is 2.18. The van der Waals surface area contributed by atoms with Gasteiger partial charge in [0.15, 0.2) is 6.10 Å². The first-order valence-corrected chi connectivity index (χ1v) is 9.51. The van der Waals surface area contributed by atoms with E-state index in [-0.39, 0.29) is 12.5 Å². The van der Waals surface area contributed by atoms with Crippen LogP contribution >= 0.6 is 0 Å². The smallest absolute Gasteiger partial charge is 0.326 e. The van der Waals surface area contributed by atoms with Crippen LogP contribution in [-0.4, -0.2) is 43.6 Å². The molecular weight excluding hydrogens is 372 g/mol. The van der Waals surface area contributed by atoms with Gasteiger partial charge in [-0.05, 0) is 50.1 Å². The van der Waals surface area contributed by atoms with Crippen molar-refractivity contribution in [1.82, 2.24) is 10.6 Å². The minimum atomic E-state index is -0.944. The van der Waals surface area contributed by atoms with Crippen molar-refractivity contribution in [1.29, 1.82) is 0 Å². The lowest BCUT2D eigenvalue weighted by atomic mass is 10.1. The van der Waals surface area contributed by atoms with Crippen LogP contribution in [0, 0.1) is 0 Å². The molecular formula is C22H26N2O5. The molecule has 2 aromatic rings. The molecule has 0 aliphatic carbocycles. The van der Waals surface area contributed by atoms with E-state index < -0.39 is 18.0 Å². The number of hydrogen-bond acceptors (Lipinski definition) is 5. The first kappa shape index (κ1) is 21.9. The second-order valence-corrected chi connectivity index (χ2v) is 6.30. The summed E-state index contributed by atoms with van der Waals surface area (Å²) in [4.78, 5) is 36.0. The molecule has 0 aromatic heterocycles. The summed E-state index contributed by atoms with van der Waals surface area (Å²) < 4.78 is 10.4. The zero-order chi connectivity index (χ0) is 21.1. The van der Waals surface area contributed by atoms with Gasteiger partial charge in [0.2, 0.25) is 0 Å². The van der Waals surface area contributed by atoms with Crippen LogP contribution < -0.4 is 15.4 Å². The third-order valence-corrected chi connectivity index (χ3v) is 4.05. The highest BCUT2D eigenvalue weighted by atomic mass is 16.5. The molecule has 7 heteroatoms. The molecule has 0 bridgehead atoms. The molecule has 0 saturated heterocycles. The van der Waals surface area contributed by atoms with Gasteiger partial charge in [-0.2, -0.15) is 0 Å². The van der Waals surface area contributed by atoms with Crippen LogP contribution in [0.3, 0.4) is 0 Å². The Bertz CT molecular complexity index is 806. The van der Waals surface area contributed by atoms with Gasteiger partial charge in [-0.25, -0.2) is 0 Å². The van der Waals surface area contributed by atoms with E-state index in [9.17, 15) is 14.4 Å². The maximum absolute atomic E-state index is 12.1. The molecule has 2 aromatic carbocycles. The zero-order valence-corrected chi connectivity index (χ0v) is 16.6. The number of ether oxygens (including phenoxy) is 2. The fourth-order valence-electron chi connectivity index (χ4n) is 2.53. The van der Waals surface area contributed by atoms with Crippen molar-refractivity contribution in [3.05, 3.63) is 65.7 Å². The fraction of sp³-hybridized carbons (Fsp3) is 0.318. The molecule has 2 N–H and O–H groups in total. The average Bonchev–Trinajstić information content (AvgIpc) is 2.73. The van der Waals surface area contributed by atoms with Crippen LogP contribution in [0.25, 0.3) is 0 Å². The summed E-state index contributed by atoms with van der Waals surface area (Å²) in [5.74, 6) is -0.817. The molecule has 0 spiro atoms. The Morgan fingerprint density at radius 2 is 1.66 bits per heavy atom. The van der Waals surface area contributed by atoms with Gasteiger partial charge in [-0.15, -0.1) is 0 Å². The van der Waals surface area contributed by atoms with Crippen LogP contribution in [0.15, 0.2) is 54.6 Å². The van der Waals surface area contributed by atoms with E-state index in [1.807, 2.05) is 37.3 Å². The molecule has 0 aliphatic heterocycles. The van der Waals surface area contributed by atoms with Crippen molar-refractivity contribution in [2.24, 2.45) is 0 Å². The van der Waals surface area contributed by atoms with Crippen molar-refractivity contribution in [2.45, 2.75) is 26.4 Å². The molecule has 154 valence electrons. The Morgan fingerprint density at radius 3 is 2.31 bits per heavy atom. The normalized spacial score (nSPS) is 11.2. The number of rotatable bonds is 10. The van der Waals surface area contributed by atoms with E-state index in [1.54, 1.807) is 24.3 Å². The summed E-state index contributed by atoms with van der Waals surface area (Å²) in [6.45, 7) is 4.02. The molecule has 0 radical (unpaired) electrons. The lowest BCUT2D eigenvalue weighted by Crippen LogP contribution is -2.39. The van der Waals surface area contributed by atoms with Gasteiger partial charge in [0.25, 0.3) is 11.8 Å².